The van der Waals surface area contributed by atoms with Gasteiger partial charge in [-0.2, -0.15) is 0 Å². The van der Waals surface area contributed by atoms with Gasteiger partial charge in [-0.05, 0) is 13.3 Å². The number of sulfonamides is 1. The second kappa shape index (κ2) is 6.04. The number of nitrogens with zero attached hydrogens (tertiary/aromatic N) is 1. The quantitative estimate of drug-likeness (QED) is 0.844. The summed E-state index contributed by atoms with van der Waals surface area (Å²) in [6.07, 6.45) is 2.63. The zero-order chi connectivity index (χ0) is 14.8. The number of furan rings is 1. The molecule has 0 aromatic carbocycles. The molecular weight excluding hydrogens is 300 g/mol. The van der Waals surface area contributed by atoms with Crippen LogP contribution in [-0.4, -0.2) is 18.5 Å². The maximum Gasteiger partial charge on any atom is 0.244 e. The Hall–Kier alpha value is -1.22. The Balaban J connectivity index is 2.12. The first kappa shape index (κ1) is 15.2. The van der Waals surface area contributed by atoms with E-state index < -0.39 is 10.0 Å². The normalized spacial score (nSPS) is 11.9. The minimum absolute atomic E-state index is 0.0498. The van der Waals surface area contributed by atoms with Gasteiger partial charge in [0.1, 0.15) is 28.0 Å². The van der Waals surface area contributed by atoms with Crippen LogP contribution in [0.5, 0.6) is 0 Å². The van der Waals surface area contributed by atoms with Gasteiger partial charge in [-0.1, -0.05) is 6.92 Å². The lowest BCUT2D eigenvalue weighted by molar-refractivity contribution is 0.244. The Kier molecular flexibility index (Phi) is 4.59. The Bertz CT molecular complexity index is 688. The summed E-state index contributed by atoms with van der Waals surface area (Å²) in [6, 6.07) is 1.33. The van der Waals surface area contributed by atoms with Crippen molar-refractivity contribution in [3.63, 3.8) is 0 Å². The van der Waals surface area contributed by atoms with Crippen molar-refractivity contribution in [3.8, 4) is 0 Å². The molecule has 2 aromatic heterocycles. The number of rotatable bonds is 6. The molecule has 0 unspecified atom stereocenters. The molecule has 0 bridgehead atoms. The Morgan fingerprint density at radius 2 is 2.25 bits per heavy atom. The van der Waals surface area contributed by atoms with E-state index in [-0.39, 0.29) is 29.6 Å². The zero-order valence-corrected chi connectivity index (χ0v) is 12.8. The number of aliphatic hydroxyl groups excluding tert-OH is 1. The van der Waals surface area contributed by atoms with Crippen LogP contribution >= 0.6 is 11.3 Å². The van der Waals surface area contributed by atoms with E-state index in [1.165, 1.54) is 17.4 Å². The van der Waals surface area contributed by atoms with Gasteiger partial charge >= 0.3 is 0 Å². The summed E-state index contributed by atoms with van der Waals surface area (Å²) in [4.78, 5) is 5.32. The van der Waals surface area contributed by atoms with E-state index in [1.54, 1.807) is 13.1 Å². The minimum atomic E-state index is -3.66. The highest BCUT2D eigenvalue weighted by Gasteiger charge is 2.21. The molecule has 0 aliphatic carbocycles. The summed E-state index contributed by atoms with van der Waals surface area (Å²) in [5.41, 5.74) is 0. The Morgan fingerprint density at radius 1 is 1.50 bits per heavy atom. The summed E-state index contributed by atoms with van der Waals surface area (Å²) in [7, 11) is -3.66. The molecule has 0 aliphatic heterocycles. The predicted molar refractivity (Wildman–Crippen MR) is 74.9 cm³/mol. The first-order valence-corrected chi connectivity index (χ1v) is 8.39. The second-order valence-corrected chi connectivity index (χ2v) is 7.12. The average Bonchev–Trinajstić information content (AvgIpc) is 3.02. The van der Waals surface area contributed by atoms with Gasteiger partial charge in [0, 0.05) is 17.1 Å². The number of hydrogen-bond acceptors (Lipinski definition) is 6. The van der Waals surface area contributed by atoms with Crippen LogP contribution in [0.25, 0.3) is 0 Å². The smallest absolute Gasteiger partial charge is 0.244 e. The van der Waals surface area contributed by atoms with Gasteiger partial charge in [-0.3, -0.25) is 0 Å². The number of hydrogen-bond donors (Lipinski definition) is 2. The molecule has 0 saturated heterocycles. The molecule has 0 fully saturated rings. The molecule has 0 amide bonds. The third-order valence-electron chi connectivity index (χ3n) is 2.73. The number of aromatic nitrogens is 1. The largest absolute Gasteiger partial charge is 0.462 e. The minimum Gasteiger partial charge on any atom is -0.462 e. The summed E-state index contributed by atoms with van der Waals surface area (Å²) in [5.74, 6) is 0.486. The van der Waals surface area contributed by atoms with E-state index in [2.05, 4.69) is 9.71 Å². The highest BCUT2D eigenvalue weighted by molar-refractivity contribution is 7.89. The molecule has 2 rings (SSSR count). The zero-order valence-electron chi connectivity index (χ0n) is 11.2. The molecule has 2 aromatic rings. The molecule has 0 spiro atoms. The fourth-order valence-corrected chi connectivity index (χ4v) is 3.78. The van der Waals surface area contributed by atoms with Crippen LogP contribution < -0.4 is 4.72 Å². The number of aliphatic hydroxyl groups is 1. The molecule has 0 aliphatic rings. The lowest BCUT2D eigenvalue weighted by Gasteiger charge is -2.03. The number of aryl methyl sites for hydroxylation is 2. The Labute approximate surface area is 121 Å². The maximum absolute atomic E-state index is 12.2. The van der Waals surface area contributed by atoms with Crippen molar-refractivity contribution in [1.82, 2.24) is 9.71 Å². The molecule has 20 heavy (non-hydrogen) atoms. The fraction of sp³-hybridized carbons (Fsp3) is 0.417. The van der Waals surface area contributed by atoms with E-state index in [0.29, 0.717) is 5.01 Å². The van der Waals surface area contributed by atoms with Gasteiger partial charge in [0.2, 0.25) is 10.0 Å². The van der Waals surface area contributed by atoms with Crippen LogP contribution in [0.1, 0.15) is 28.3 Å². The summed E-state index contributed by atoms with van der Waals surface area (Å²) >= 11 is 1.48. The SMILES string of the molecule is CCc1cnc(CNS(=O)(=O)c2cc(CO)oc2C)s1. The fourth-order valence-electron chi connectivity index (χ4n) is 1.70. The van der Waals surface area contributed by atoms with E-state index in [0.717, 1.165) is 11.3 Å². The summed E-state index contributed by atoms with van der Waals surface area (Å²) in [5, 5.41) is 9.68. The Morgan fingerprint density at radius 3 is 2.80 bits per heavy atom. The van der Waals surface area contributed by atoms with E-state index in [1.807, 2.05) is 6.92 Å². The average molecular weight is 316 g/mol. The summed E-state index contributed by atoms with van der Waals surface area (Å²) in [6.45, 7) is 3.38. The van der Waals surface area contributed by atoms with Crippen LogP contribution in [0, 0.1) is 6.92 Å². The topological polar surface area (TPSA) is 92.4 Å². The van der Waals surface area contributed by atoms with Gasteiger partial charge in [-0.15, -0.1) is 11.3 Å². The standard InChI is InChI=1S/C12H16N2O4S2/c1-3-10-5-13-12(19-10)6-14-20(16,17)11-4-9(7-15)18-8(11)2/h4-5,14-15H,3,6-7H2,1-2H3. The van der Waals surface area contributed by atoms with Gasteiger partial charge in [0.25, 0.3) is 0 Å². The van der Waals surface area contributed by atoms with Crippen LogP contribution in [0.15, 0.2) is 21.6 Å². The molecule has 0 saturated carbocycles. The molecule has 2 heterocycles. The van der Waals surface area contributed by atoms with E-state index in [4.69, 9.17) is 9.52 Å². The van der Waals surface area contributed by atoms with E-state index >= 15 is 0 Å². The molecule has 2 N–H and O–H groups in total. The van der Waals surface area contributed by atoms with Gasteiger partial charge < -0.3 is 9.52 Å². The van der Waals surface area contributed by atoms with Crippen molar-refractivity contribution in [2.45, 2.75) is 38.3 Å². The van der Waals surface area contributed by atoms with Crippen molar-refractivity contribution in [2.24, 2.45) is 0 Å². The van der Waals surface area contributed by atoms with Gasteiger partial charge in [0.05, 0.1) is 6.54 Å². The van der Waals surface area contributed by atoms with Crippen molar-refractivity contribution in [1.29, 1.82) is 0 Å². The number of nitrogens with one attached hydrogen (secondary N) is 1. The lowest BCUT2D eigenvalue weighted by Crippen LogP contribution is -2.23. The first-order chi connectivity index (χ1) is 9.46. The molecular formula is C12H16N2O4S2. The third kappa shape index (κ3) is 3.26. The lowest BCUT2D eigenvalue weighted by atomic mass is 10.4. The van der Waals surface area contributed by atoms with Crippen molar-refractivity contribution < 1.29 is 17.9 Å². The molecule has 0 radical (unpaired) electrons. The second-order valence-electron chi connectivity index (χ2n) is 4.19. The summed E-state index contributed by atoms with van der Waals surface area (Å²) < 4.78 is 31.9. The highest BCUT2D eigenvalue weighted by atomic mass is 32.2. The molecule has 6 nitrogen and oxygen atoms in total. The first-order valence-electron chi connectivity index (χ1n) is 6.09. The molecule has 8 heteroatoms. The highest BCUT2D eigenvalue weighted by Crippen LogP contribution is 2.20. The van der Waals surface area contributed by atoms with E-state index in [9.17, 15) is 8.42 Å². The van der Waals surface area contributed by atoms with Crippen molar-refractivity contribution in [3.05, 3.63) is 33.7 Å². The van der Waals surface area contributed by atoms with Crippen LogP contribution in [-0.2, 0) is 29.6 Å². The van der Waals surface area contributed by atoms with Gasteiger partial charge in [-0.25, -0.2) is 18.1 Å². The number of thiazole rings is 1. The van der Waals surface area contributed by atoms with Crippen LogP contribution in [0.3, 0.4) is 0 Å². The monoisotopic (exact) mass is 316 g/mol. The van der Waals surface area contributed by atoms with Crippen LogP contribution in [0.2, 0.25) is 0 Å². The van der Waals surface area contributed by atoms with Crippen molar-refractivity contribution in [2.75, 3.05) is 0 Å². The van der Waals surface area contributed by atoms with Gasteiger partial charge in [0.15, 0.2) is 0 Å². The van der Waals surface area contributed by atoms with Crippen molar-refractivity contribution >= 4 is 21.4 Å². The molecule has 110 valence electrons. The predicted octanol–water partition coefficient (Wildman–Crippen LogP) is 1.58. The van der Waals surface area contributed by atoms with Crippen LogP contribution in [0.4, 0.5) is 0 Å². The third-order valence-corrected chi connectivity index (χ3v) is 5.38. The maximum atomic E-state index is 12.2. The molecule has 0 atom stereocenters.